The Morgan fingerprint density at radius 1 is 0.351 bits per heavy atom. The van der Waals surface area contributed by atoms with Crippen LogP contribution in [0.4, 0.5) is 34.1 Å². The third kappa shape index (κ3) is 7.20. The zero-order valence-corrected chi connectivity index (χ0v) is 42.0. The molecule has 1 heterocycles. The highest BCUT2D eigenvalue weighted by molar-refractivity contribution is 6.28. The highest BCUT2D eigenvalue weighted by atomic mass is 16.3. The number of aromatic hydroxyl groups is 1. The van der Waals surface area contributed by atoms with Crippen LogP contribution in [0.2, 0.25) is 0 Å². The zero-order valence-electron chi connectivity index (χ0n) is 42.0. The van der Waals surface area contributed by atoms with E-state index in [0.717, 1.165) is 118 Å². The van der Waals surface area contributed by atoms with Gasteiger partial charge < -0.3 is 19.3 Å². The summed E-state index contributed by atoms with van der Waals surface area (Å²) in [5, 5.41) is 21.8. The highest BCUT2D eigenvalue weighted by Crippen LogP contribution is 2.52. The van der Waals surface area contributed by atoms with Gasteiger partial charge in [-0.3, -0.25) is 0 Å². The van der Waals surface area contributed by atoms with Crippen LogP contribution in [0.3, 0.4) is 0 Å². The van der Waals surface area contributed by atoms with Crippen LogP contribution in [0.5, 0.6) is 5.75 Å². The first-order chi connectivity index (χ1) is 36.4. The minimum absolute atomic E-state index is 0.222. The SMILES string of the molecule is CCc1ccccc1-c1cccc(-c2cccc(N(c3ccccc3C)c3ccc4ccc5c(N(c6ccccc6C)c6cccc7c6oc6c(-c8ccccc8CC)cccc67)ccc6ccc3c4c65)c2O)c1. The van der Waals surface area contributed by atoms with Crippen molar-refractivity contribution in [3.8, 4) is 39.1 Å². The maximum absolute atomic E-state index is 12.7. The summed E-state index contributed by atoms with van der Waals surface area (Å²) in [7, 11) is 0. The molecule has 74 heavy (non-hydrogen) atoms. The van der Waals surface area contributed by atoms with Crippen molar-refractivity contribution in [2.24, 2.45) is 0 Å². The molecule has 0 saturated carbocycles. The second-order valence-electron chi connectivity index (χ2n) is 19.5. The van der Waals surface area contributed by atoms with Gasteiger partial charge in [0.15, 0.2) is 5.58 Å². The van der Waals surface area contributed by atoms with E-state index in [2.05, 4.69) is 250 Å². The molecule has 0 bridgehead atoms. The first-order valence-electron chi connectivity index (χ1n) is 25.9. The minimum Gasteiger partial charge on any atom is -0.505 e. The lowest BCUT2D eigenvalue weighted by Crippen LogP contribution is -2.13. The second-order valence-corrected chi connectivity index (χ2v) is 19.5. The summed E-state index contributed by atoms with van der Waals surface area (Å²) >= 11 is 0. The third-order valence-electron chi connectivity index (χ3n) is 15.4. The van der Waals surface area contributed by atoms with E-state index in [0.29, 0.717) is 5.69 Å². The molecule has 0 amide bonds. The average Bonchev–Trinajstić information content (AvgIpc) is 3.84. The number of aryl methyl sites for hydroxylation is 4. The fourth-order valence-corrected chi connectivity index (χ4v) is 11.8. The fourth-order valence-electron chi connectivity index (χ4n) is 11.8. The van der Waals surface area contributed by atoms with Gasteiger partial charge in [-0.1, -0.05) is 196 Å². The Labute approximate surface area is 432 Å². The van der Waals surface area contributed by atoms with Crippen LogP contribution in [0.15, 0.2) is 229 Å². The molecule has 13 rings (SSSR count). The topological polar surface area (TPSA) is 39.9 Å². The van der Waals surface area contributed by atoms with Gasteiger partial charge in [-0.2, -0.15) is 0 Å². The summed E-state index contributed by atoms with van der Waals surface area (Å²) in [6, 6.07) is 80.3. The van der Waals surface area contributed by atoms with Crippen molar-refractivity contribution in [1.82, 2.24) is 0 Å². The average molecular weight is 955 g/mol. The molecule has 0 saturated heterocycles. The number of phenols is 1. The zero-order chi connectivity index (χ0) is 50.0. The molecule has 1 N–H and O–H groups in total. The molecule has 13 aromatic rings. The smallest absolute Gasteiger partial charge is 0.159 e. The number of benzene rings is 12. The molecular weight excluding hydrogens is 901 g/mol. The summed E-state index contributed by atoms with van der Waals surface area (Å²) in [5.74, 6) is 0.222. The summed E-state index contributed by atoms with van der Waals surface area (Å²) in [4.78, 5) is 4.66. The summed E-state index contributed by atoms with van der Waals surface area (Å²) in [6.45, 7) is 8.75. The Hall–Kier alpha value is -9.12. The number of nitrogens with zero attached hydrogens (tertiary/aromatic N) is 2. The van der Waals surface area contributed by atoms with Crippen LogP contribution in [-0.4, -0.2) is 5.11 Å². The van der Waals surface area contributed by atoms with Crippen LogP contribution in [-0.2, 0) is 12.8 Å². The van der Waals surface area contributed by atoms with Crippen molar-refractivity contribution >= 4 is 88.4 Å². The number of para-hydroxylation sites is 5. The van der Waals surface area contributed by atoms with E-state index in [4.69, 9.17) is 4.42 Å². The monoisotopic (exact) mass is 954 g/mol. The standard InChI is InChI=1S/C70H54N2O2/c1-5-46-21-9-11-25-52(46)50-23-15-24-51(43-50)54-27-17-33-64(68(54)73)71(60-31-13-7-19-44(60)3)62-41-37-48-36-40-59-63(42-38-49-35-39-58(62)66(48)67(49)59)72(61-32-14-8-20-45(61)4)65-34-18-30-57-56-29-16-28-55(69(56)74-70(57)65)53-26-12-10-22-47(53)6-2/h7-43,73H,5-6H2,1-4H3. The molecule has 0 fully saturated rings. The van der Waals surface area contributed by atoms with Crippen molar-refractivity contribution in [3.05, 3.63) is 247 Å². The van der Waals surface area contributed by atoms with E-state index in [1.807, 2.05) is 12.1 Å². The molecule has 0 radical (unpaired) electrons. The van der Waals surface area contributed by atoms with Gasteiger partial charge in [0.2, 0.25) is 0 Å². The molecule has 0 aliphatic carbocycles. The maximum Gasteiger partial charge on any atom is 0.159 e. The van der Waals surface area contributed by atoms with Gasteiger partial charge in [-0.25, -0.2) is 0 Å². The predicted molar refractivity (Wildman–Crippen MR) is 313 cm³/mol. The molecule has 0 atom stereocenters. The summed E-state index contributed by atoms with van der Waals surface area (Å²) in [5.41, 5.74) is 18.7. The van der Waals surface area contributed by atoms with Gasteiger partial charge in [0.25, 0.3) is 0 Å². The lowest BCUT2D eigenvalue weighted by molar-refractivity contribution is 0.478. The van der Waals surface area contributed by atoms with E-state index in [9.17, 15) is 5.11 Å². The first-order valence-corrected chi connectivity index (χ1v) is 25.9. The normalized spacial score (nSPS) is 11.7. The molecule has 4 nitrogen and oxygen atoms in total. The van der Waals surface area contributed by atoms with Gasteiger partial charge in [-0.15, -0.1) is 0 Å². The van der Waals surface area contributed by atoms with Crippen LogP contribution in [0.25, 0.3) is 87.6 Å². The predicted octanol–water partition coefficient (Wildman–Crippen LogP) is 19.9. The van der Waals surface area contributed by atoms with Crippen molar-refractivity contribution in [2.45, 2.75) is 40.5 Å². The molecule has 0 aliphatic heterocycles. The quantitative estimate of drug-likeness (QED) is 0.131. The first kappa shape index (κ1) is 44.8. The van der Waals surface area contributed by atoms with Crippen molar-refractivity contribution in [3.63, 3.8) is 0 Å². The molecule has 12 aromatic carbocycles. The molecule has 1 aromatic heterocycles. The second kappa shape index (κ2) is 18.2. The van der Waals surface area contributed by atoms with E-state index >= 15 is 0 Å². The Bertz CT molecular complexity index is 4300. The van der Waals surface area contributed by atoms with E-state index in [1.165, 1.54) is 33.0 Å². The Morgan fingerprint density at radius 3 is 1.43 bits per heavy atom. The van der Waals surface area contributed by atoms with E-state index in [1.54, 1.807) is 0 Å². The lowest BCUT2D eigenvalue weighted by Gasteiger charge is -2.31. The Balaban J connectivity index is 1.02. The summed E-state index contributed by atoms with van der Waals surface area (Å²) < 4.78 is 7.21. The highest BCUT2D eigenvalue weighted by Gasteiger charge is 2.27. The van der Waals surface area contributed by atoms with Crippen LogP contribution < -0.4 is 9.80 Å². The van der Waals surface area contributed by atoms with Crippen molar-refractivity contribution in [1.29, 1.82) is 0 Å². The van der Waals surface area contributed by atoms with Crippen LogP contribution >= 0.6 is 0 Å². The number of hydrogen-bond acceptors (Lipinski definition) is 4. The third-order valence-corrected chi connectivity index (χ3v) is 15.4. The van der Waals surface area contributed by atoms with Gasteiger partial charge >= 0.3 is 0 Å². The van der Waals surface area contributed by atoms with Crippen molar-refractivity contribution in [2.75, 3.05) is 9.80 Å². The molecule has 0 aliphatic rings. The summed E-state index contributed by atoms with van der Waals surface area (Å²) in [6.07, 6.45) is 1.87. The number of fused-ring (bicyclic) bond motifs is 3. The molecule has 4 heteroatoms. The number of phenolic OH excluding ortho intramolecular Hbond substituents is 1. The van der Waals surface area contributed by atoms with Crippen LogP contribution in [0.1, 0.15) is 36.1 Å². The number of anilines is 6. The van der Waals surface area contributed by atoms with E-state index in [-0.39, 0.29) is 5.75 Å². The van der Waals surface area contributed by atoms with Gasteiger partial charge in [0, 0.05) is 44.0 Å². The molecule has 356 valence electrons. The molecule has 0 spiro atoms. The number of hydrogen-bond donors (Lipinski definition) is 1. The van der Waals surface area contributed by atoms with E-state index < -0.39 is 0 Å². The number of rotatable bonds is 11. The number of furan rings is 1. The van der Waals surface area contributed by atoms with Gasteiger partial charge in [0.1, 0.15) is 11.3 Å². The Morgan fingerprint density at radius 2 is 0.797 bits per heavy atom. The van der Waals surface area contributed by atoms with Gasteiger partial charge in [-0.05, 0) is 135 Å². The lowest BCUT2D eigenvalue weighted by atomic mass is 9.91. The van der Waals surface area contributed by atoms with Gasteiger partial charge in [0.05, 0.1) is 22.7 Å². The minimum atomic E-state index is 0.222. The molecule has 0 unspecified atom stereocenters. The Kier molecular flexibility index (Phi) is 11.0. The largest absolute Gasteiger partial charge is 0.505 e. The van der Waals surface area contributed by atoms with Crippen molar-refractivity contribution < 1.29 is 9.52 Å². The fraction of sp³-hybridized carbons (Fsp3) is 0.0857. The van der Waals surface area contributed by atoms with Crippen LogP contribution in [0, 0.1) is 13.8 Å². The maximum atomic E-state index is 12.7. The molecular formula is C70H54N2O2.